The van der Waals surface area contributed by atoms with E-state index in [1.807, 2.05) is 43.3 Å². The van der Waals surface area contributed by atoms with Gasteiger partial charge in [0.1, 0.15) is 11.2 Å². The summed E-state index contributed by atoms with van der Waals surface area (Å²) in [4.78, 5) is 25.9. The molecule has 0 aliphatic heterocycles. The van der Waals surface area contributed by atoms with Crippen molar-refractivity contribution in [3.63, 3.8) is 0 Å². The monoisotopic (exact) mass is 382 g/mol. The van der Waals surface area contributed by atoms with Crippen LogP contribution in [0.3, 0.4) is 0 Å². The largest absolute Gasteiger partial charge is 0.495 e. The SMILES string of the molecule is COc1ccc(C)cc1NC(=O)C(C)(C)C(=O)Nc1ccccc1C(C)(C)C. The highest BCUT2D eigenvalue weighted by Gasteiger charge is 2.37. The number of methoxy groups -OCH3 is 1. The summed E-state index contributed by atoms with van der Waals surface area (Å²) in [5.74, 6) is -0.219. The Morgan fingerprint density at radius 2 is 1.43 bits per heavy atom. The van der Waals surface area contributed by atoms with Crippen molar-refractivity contribution in [2.75, 3.05) is 17.7 Å². The van der Waals surface area contributed by atoms with E-state index in [0.717, 1.165) is 11.1 Å². The van der Waals surface area contributed by atoms with E-state index in [0.29, 0.717) is 17.1 Å². The third kappa shape index (κ3) is 4.71. The number of ether oxygens (including phenoxy) is 1. The third-order valence-corrected chi connectivity index (χ3v) is 4.72. The fourth-order valence-electron chi connectivity index (χ4n) is 2.83. The minimum Gasteiger partial charge on any atom is -0.495 e. The van der Waals surface area contributed by atoms with Crippen molar-refractivity contribution in [2.45, 2.75) is 47.0 Å². The fraction of sp³-hybridized carbons (Fsp3) is 0.391. The Kier molecular flexibility index (Phi) is 6.17. The molecule has 28 heavy (non-hydrogen) atoms. The quantitative estimate of drug-likeness (QED) is 0.723. The molecule has 0 aromatic heterocycles. The van der Waals surface area contributed by atoms with Crippen LogP contribution in [0.5, 0.6) is 5.75 Å². The van der Waals surface area contributed by atoms with Gasteiger partial charge in [-0.2, -0.15) is 0 Å². The van der Waals surface area contributed by atoms with Gasteiger partial charge in [0.15, 0.2) is 0 Å². The third-order valence-electron chi connectivity index (χ3n) is 4.72. The van der Waals surface area contributed by atoms with Crippen LogP contribution in [0.4, 0.5) is 11.4 Å². The fourth-order valence-corrected chi connectivity index (χ4v) is 2.83. The standard InChI is InChI=1S/C23H30N2O3/c1-15-12-13-19(28-7)18(14-15)25-21(27)23(5,6)20(26)24-17-11-9-8-10-16(17)22(2,3)4/h8-14H,1-7H3,(H,24,26)(H,25,27). The van der Waals surface area contributed by atoms with Crippen LogP contribution >= 0.6 is 0 Å². The Labute approximate surface area is 167 Å². The second kappa shape index (κ2) is 8.05. The number of aryl methyl sites for hydroxylation is 1. The van der Waals surface area contributed by atoms with E-state index < -0.39 is 11.3 Å². The number of nitrogens with one attached hydrogen (secondary N) is 2. The summed E-state index contributed by atoms with van der Waals surface area (Å²) in [6.45, 7) is 11.4. The maximum atomic E-state index is 13.0. The van der Waals surface area contributed by atoms with E-state index >= 15 is 0 Å². The van der Waals surface area contributed by atoms with Crippen molar-refractivity contribution >= 4 is 23.2 Å². The van der Waals surface area contributed by atoms with Crippen LogP contribution in [0.25, 0.3) is 0 Å². The Hall–Kier alpha value is -2.82. The average Bonchev–Trinajstić information content (AvgIpc) is 2.61. The second-order valence-electron chi connectivity index (χ2n) is 8.53. The van der Waals surface area contributed by atoms with Gasteiger partial charge in [0.05, 0.1) is 12.8 Å². The Bertz CT molecular complexity index is 880. The van der Waals surface area contributed by atoms with Crippen LogP contribution < -0.4 is 15.4 Å². The molecule has 2 N–H and O–H groups in total. The molecule has 0 heterocycles. The van der Waals surface area contributed by atoms with Gasteiger partial charge in [-0.15, -0.1) is 0 Å². The molecule has 0 radical (unpaired) electrons. The molecule has 0 aliphatic rings. The minimum absolute atomic E-state index is 0.134. The molecule has 0 saturated heterocycles. The first-order chi connectivity index (χ1) is 13.0. The summed E-state index contributed by atoms with van der Waals surface area (Å²) in [6.07, 6.45) is 0. The predicted molar refractivity (Wildman–Crippen MR) is 114 cm³/mol. The predicted octanol–water partition coefficient (Wildman–Crippen LogP) is 4.90. The zero-order chi connectivity index (χ0) is 21.1. The van der Waals surface area contributed by atoms with Gasteiger partial charge < -0.3 is 15.4 Å². The first-order valence-corrected chi connectivity index (χ1v) is 9.34. The normalized spacial score (nSPS) is 11.7. The van der Waals surface area contributed by atoms with Gasteiger partial charge in [-0.3, -0.25) is 9.59 Å². The lowest BCUT2D eigenvalue weighted by Crippen LogP contribution is -2.42. The number of hydrogen-bond donors (Lipinski definition) is 2. The lowest BCUT2D eigenvalue weighted by Gasteiger charge is -2.27. The molecule has 0 fully saturated rings. The van der Waals surface area contributed by atoms with E-state index in [1.54, 1.807) is 27.0 Å². The zero-order valence-corrected chi connectivity index (χ0v) is 17.8. The van der Waals surface area contributed by atoms with Crippen molar-refractivity contribution in [2.24, 2.45) is 5.41 Å². The van der Waals surface area contributed by atoms with Crippen molar-refractivity contribution < 1.29 is 14.3 Å². The second-order valence-corrected chi connectivity index (χ2v) is 8.53. The molecule has 0 atom stereocenters. The highest BCUT2D eigenvalue weighted by atomic mass is 16.5. The maximum Gasteiger partial charge on any atom is 0.239 e. The lowest BCUT2D eigenvalue weighted by molar-refractivity contribution is -0.135. The maximum absolute atomic E-state index is 13.0. The summed E-state index contributed by atoms with van der Waals surface area (Å²) in [7, 11) is 1.54. The number of benzene rings is 2. The Balaban J connectivity index is 2.24. The van der Waals surface area contributed by atoms with Crippen molar-refractivity contribution in [3.8, 4) is 5.75 Å². The minimum atomic E-state index is -1.28. The van der Waals surface area contributed by atoms with Crippen LogP contribution in [0.1, 0.15) is 45.7 Å². The first-order valence-electron chi connectivity index (χ1n) is 9.34. The first kappa shape index (κ1) is 21.5. The van der Waals surface area contributed by atoms with Gasteiger partial charge in [0.25, 0.3) is 0 Å². The number of para-hydroxylation sites is 1. The number of carbonyl (C=O) groups is 2. The van der Waals surface area contributed by atoms with Crippen LogP contribution in [0.15, 0.2) is 42.5 Å². The molecule has 5 nitrogen and oxygen atoms in total. The summed E-state index contributed by atoms with van der Waals surface area (Å²) in [5, 5.41) is 5.76. The lowest BCUT2D eigenvalue weighted by atomic mass is 9.85. The number of amides is 2. The van der Waals surface area contributed by atoms with E-state index in [-0.39, 0.29) is 11.3 Å². The average molecular weight is 383 g/mol. The van der Waals surface area contributed by atoms with Crippen LogP contribution in [0, 0.1) is 12.3 Å². The smallest absolute Gasteiger partial charge is 0.239 e. The molecule has 0 unspecified atom stereocenters. The van der Waals surface area contributed by atoms with Crippen molar-refractivity contribution in [3.05, 3.63) is 53.6 Å². The van der Waals surface area contributed by atoms with Crippen molar-refractivity contribution in [1.82, 2.24) is 0 Å². The molecule has 2 aromatic carbocycles. The molecule has 150 valence electrons. The van der Waals surface area contributed by atoms with Gasteiger partial charge in [-0.05, 0) is 55.5 Å². The number of anilines is 2. The van der Waals surface area contributed by atoms with E-state index in [9.17, 15) is 9.59 Å². The summed E-state index contributed by atoms with van der Waals surface area (Å²) in [5.41, 5.74) is 1.85. The molecule has 0 spiro atoms. The van der Waals surface area contributed by atoms with Gasteiger partial charge in [0.2, 0.25) is 11.8 Å². The summed E-state index contributed by atoms with van der Waals surface area (Å²) >= 11 is 0. The molecular weight excluding hydrogens is 352 g/mol. The van der Waals surface area contributed by atoms with Gasteiger partial charge in [-0.1, -0.05) is 45.0 Å². The highest BCUT2D eigenvalue weighted by Crippen LogP contribution is 2.32. The number of carbonyl (C=O) groups excluding carboxylic acids is 2. The van der Waals surface area contributed by atoms with Gasteiger partial charge in [-0.25, -0.2) is 0 Å². The summed E-state index contributed by atoms with van der Waals surface area (Å²) in [6, 6.07) is 13.2. The Morgan fingerprint density at radius 1 is 0.857 bits per heavy atom. The molecule has 2 rings (SSSR count). The number of rotatable bonds is 5. The molecule has 2 aromatic rings. The van der Waals surface area contributed by atoms with Gasteiger partial charge >= 0.3 is 0 Å². The zero-order valence-electron chi connectivity index (χ0n) is 17.8. The van der Waals surface area contributed by atoms with E-state index in [1.165, 1.54) is 0 Å². The molecule has 5 heteroatoms. The number of hydrogen-bond acceptors (Lipinski definition) is 3. The van der Waals surface area contributed by atoms with Gasteiger partial charge in [0, 0.05) is 5.69 Å². The molecule has 0 bridgehead atoms. The van der Waals surface area contributed by atoms with E-state index in [2.05, 4.69) is 31.4 Å². The van der Waals surface area contributed by atoms with E-state index in [4.69, 9.17) is 4.74 Å². The van der Waals surface area contributed by atoms with Crippen LogP contribution in [-0.4, -0.2) is 18.9 Å². The molecule has 2 amide bonds. The van der Waals surface area contributed by atoms with Crippen LogP contribution in [0.2, 0.25) is 0 Å². The molecule has 0 saturated carbocycles. The molecule has 0 aliphatic carbocycles. The summed E-state index contributed by atoms with van der Waals surface area (Å²) < 4.78 is 5.31. The highest BCUT2D eigenvalue weighted by molar-refractivity contribution is 6.14. The Morgan fingerprint density at radius 3 is 2.00 bits per heavy atom. The molecular formula is C23H30N2O3. The van der Waals surface area contributed by atoms with Crippen molar-refractivity contribution in [1.29, 1.82) is 0 Å². The topological polar surface area (TPSA) is 67.4 Å². The van der Waals surface area contributed by atoms with Crippen LogP contribution in [-0.2, 0) is 15.0 Å².